The van der Waals surface area contributed by atoms with Crippen LogP contribution < -0.4 is 10.3 Å². The van der Waals surface area contributed by atoms with Crippen LogP contribution in [0.25, 0.3) is 22.3 Å². The Morgan fingerprint density at radius 1 is 1.16 bits per heavy atom. The molecule has 0 amide bonds. The quantitative estimate of drug-likeness (QED) is 0.290. The Bertz CT molecular complexity index is 1270. The highest BCUT2D eigenvalue weighted by molar-refractivity contribution is 7.98. The molecule has 0 aliphatic rings. The van der Waals surface area contributed by atoms with E-state index >= 15 is 0 Å². The van der Waals surface area contributed by atoms with Crippen LogP contribution in [-0.2, 0) is 12.3 Å². The highest BCUT2D eigenvalue weighted by Crippen LogP contribution is 2.25. The maximum Gasteiger partial charge on any atom is 0.262 e. The first-order chi connectivity index (χ1) is 15.1. The van der Waals surface area contributed by atoms with E-state index < -0.39 is 5.82 Å². The molecule has 0 unspecified atom stereocenters. The van der Waals surface area contributed by atoms with Gasteiger partial charge in [-0.25, -0.2) is 9.37 Å². The summed E-state index contributed by atoms with van der Waals surface area (Å²) in [5.74, 6) is 1.51. The lowest BCUT2D eigenvalue weighted by Gasteiger charge is -2.11. The van der Waals surface area contributed by atoms with Gasteiger partial charge in [0.2, 0.25) is 11.7 Å². The van der Waals surface area contributed by atoms with E-state index in [-0.39, 0.29) is 10.9 Å². The van der Waals surface area contributed by atoms with Gasteiger partial charge in [-0.05, 0) is 43.7 Å². The molecular formula is C22H21FN4O3S. The van der Waals surface area contributed by atoms with E-state index in [9.17, 15) is 9.18 Å². The van der Waals surface area contributed by atoms with Crippen LogP contribution in [-0.4, -0.2) is 26.3 Å². The summed E-state index contributed by atoms with van der Waals surface area (Å²) >= 11 is 1.33. The normalized spacial score (nSPS) is 11.2. The second-order valence-electron chi connectivity index (χ2n) is 6.77. The molecule has 2 aromatic carbocycles. The van der Waals surface area contributed by atoms with Crippen molar-refractivity contribution in [2.45, 2.75) is 37.7 Å². The van der Waals surface area contributed by atoms with Crippen LogP contribution in [0.2, 0.25) is 0 Å². The fraction of sp³-hybridized carbons (Fsp3) is 0.273. The van der Waals surface area contributed by atoms with Crippen molar-refractivity contribution in [2.75, 3.05) is 6.61 Å². The number of ether oxygens (including phenoxy) is 1. The summed E-state index contributed by atoms with van der Waals surface area (Å²) in [6.07, 6.45) is 0.747. The molecule has 2 heterocycles. The van der Waals surface area contributed by atoms with E-state index in [0.29, 0.717) is 41.3 Å². The third-order valence-corrected chi connectivity index (χ3v) is 5.49. The molecular weight excluding hydrogens is 419 g/mol. The molecule has 31 heavy (non-hydrogen) atoms. The molecule has 0 aliphatic carbocycles. The van der Waals surface area contributed by atoms with Crippen LogP contribution in [0.1, 0.15) is 26.2 Å². The lowest BCUT2D eigenvalue weighted by Crippen LogP contribution is -2.23. The lowest BCUT2D eigenvalue weighted by atomic mass is 10.2. The Morgan fingerprint density at radius 3 is 2.84 bits per heavy atom. The number of hydrogen-bond acceptors (Lipinski definition) is 7. The van der Waals surface area contributed by atoms with Crippen LogP contribution in [0.5, 0.6) is 5.75 Å². The van der Waals surface area contributed by atoms with Gasteiger partial charge in [0.1, 0.15) is 11.6 Å². The van der Waals surface area contributed by atoms with Crippen molar-refractivity contribution in [3.05, 3.63) is 64.5 Å². The predicted molar refractivity (Wildman–Crippen MR) is 117 cm³/mol. The van der Waals surface area contributed by atoms with Crippen LogP contribution in [0.15, 0.2) is 56.9 Å². The Balaban J connectivity index is 1.58. The average Bonchev–Trinajstić information content (AvgIpc) is 3.25. The average molecular weight is 441 g/mol. The van der Waals surface area contributed by atoms with E-state index in [1.54, 1.807) is 4.57 Å². The van der Waals surface area contributed by atoms with E-state index in [1.807, 2.05) is 38.1 Å². The molecule has 4 aromatic rings. The summed E-state index contributed by atoms with van der Waals surface area (Å²) in [5.41, 5.74) is 0.993. The number of hydrogen-bond donors (Lipinski definition) is 0. The number of nitrogens with zero attached hydrogens (tertiary/aromatic N) is 4. The number of halogens is 1. The van der Waals surface area contributed by atoms with Gasteiger partial charge >= 0.3 is 0 Å². The van der Waals surface area contributed by atoms with Crippen molar-refractivity contribution in [3.63, 3.8) is 0 Å². The number of fused-ring (bicyclic) bond motifs is 1. The standard InChI is InChI=1S/C22H21FN4O3S/c1-3-10-27-21(28)17-12-15(23)8-9-18(17)24-22(27)31-13-19-25-20(26-30-19)14-6-5-7-16(11-14)29-4-2/h5-9,11-12H,3-4,10,13H2,1-2H3. The molecule has 0 saturated heterocycles. The Labute approximate surface area is 182 Å². The molecule has 9 heteroatoms. The van der Waals surface area contributed by atoms with Crippen molar-refractivity contribution in [2.24, 2.45) is 0 Å². The molecule has 0 radical (unpaired) electrons. The maximum atomic E-state index is 13.6. The van der Waals surface area contributed by atoms with E-state index in [1.165, 1.54) is 30.0 Å². The Morgan fingerprint density at radius 2 is 2.03 bits per heavy atom. The maximum absolute atomic E-state index is 13.6. The molecule has 160 valence electrons. The van der Waals surface area contributed by atoms with Gasteiger partial charge in [-0.3, -0.25) is 9.36 Å². The van der Waals surface area contributed by atoms with Crippen LogP contribution >= 0.6 is 11.8 Å². The summed E-state index contributed by atoms with van der Waals surface area (Å²) in [4.78, 5) is 21.9. The number of rotatable bonds is 8. The summed E-state index contributed by atoms with van der Waals surface area (Å²) in [7, 11) is 0. The summed E-state index contributed by atoms with van der Waals surface area (Å²) in [6.45, 7) is 4.95. The van der Waals surface area contributed by atoms with Crippen molar-refractivity contribution in [1.82, 2.24) is 19.7 Å². The molecule has 0 bridgehead atoms. The second-order valence-corrected chi connectivity index (χ2v) is 7.72. The second kappa shape index (κ2) is 9.30. The zero-order chi connectivity index (χ0) is 21.8. The third-order valence-electron chi connectivity index (χ3n) is 4.52. The monoisotopic (exact) mass is 440 g/mol. The zero-order valence-electron chi connectivity index (χ0n) is 17.2. The number of aromatic nitrogens is 4. The smallest absolute Gasteiger partial charge is 0.262 e. The summed E-state index contributed by atoms with van der Waals surface area (Å²) < 4.78 is 26.1. The topological polar surface area (TPSA) is 83.0 Å². The fourth-order valence-corrected chi connectivity index (χ4v) is 4.02. The Hall–Kier alpha value is -3.20. The van der Waals surface area contributed by atoms with Gasteiger partial charge in [-0.2, -0.15) is 4.98 Å². The minimum Gasteiger partial charge on any atom is -0.494 e. The van der Waals surface area contributed by atoms with Gasteiger partial charge in [0, 0.05) is 12.1 Å². The first-order valence-corrected chi connectivity index (χ1v) is 11.0. The molecule has 0 N–H and O–H groups in total. The van der Waals surface area contributed by atoms with Gasteiger partial charge in [0.15, 0.2) is 5.16 Å². The fourth-order valence-electron chi connectivity index (χ4n) is 3.15. The van der Waals surface area contributed by atoms with Gasteiger partial charge in [-0.15, -0.1) is 0 Å². The van der Waals surface area contributed by atoms with Gasteiger partial charge in [0.05, 0.1) is 23.3 Å². The molecule has 2 aromatic heterocycles. The number of thioether (sulfide) groups is 1. The zero-order valence-corrected chi connectivity index (χ0v) is 18.0. The lowest BCUT2D eigenvalue weighted by molar-refractivity contribution is 0.340. The number of benzene rings is 2. The van der Waals surface area contributed by atoms with Gasteiger partial charge in [0.25, 0.3) is 5.56 Å². The minimum absolute atomic E-state index is 0.257. The first kappa shape index (κ1) is 21.0. The molecule has 0 spiro atoms. The van der Waals surface area contributed by atoms with E-state index in [0.717, 1.165) is 17.7 Å². The van der Waals surface area contributed by atoms with E-state index in [2.05, 4.69) is 15.1 Å². The molecule has 4 rings (SSSR count). The molecule has 0 atom stereocenters. The molecule has 0 fully saturated rings. The van der Waals surface area contributed by atoms with Gasteiger partial charge < -0.3 is 9.26 Å². The SMILES string of the molecule is CCCn1c(SCc2nc(-c3cccc(OCC)c3)no2)nc2ccc(F)cc2c1=O. The van der Waals surface area contributed by atoms with Crippen LogP contribution in [0.4, 0.5) is 4.39 Å². The Kier molecular flexibility index (Phi) is 6.31. The summed E-state index contributed by atoms with van der Waals surface area (Å²) in [5, 5.41) is 4.85. The first-order valence-electron chi connectivity index (χ1n) is 9.97. The highest BCUT2D eigenvalue weighted by atomic mass is 32.2. The van der Waals surface area contributed by atoms with Crippen molar-refractivity contribution >= 4 is 22.7 Å². The molecule has 0 saturated carbocycles. The van der Waals surface area contributed by atoms with E-state index in [4.69, 9.17) is 9.26 Å². The van der Waals surface area contributed by atoms with Crippen molar-refractivity contribution in [1.29, 1.82) is 0 Å². The van der Waals surface area contributed by atoms with Crippen LogP contribution in [0.3, 0.4) is 0 Å². The van der Waals surface area contributed by atoms with Gasteiger partial charge in [-0.1, -0.05) is 36.0 Å². The highest BCUT2D eigenvalue weighted by Gasteiger charge is 2.15. The predicted octanol–water partition coefficient (Wildman–Crippen LogP) is 4.69. The minimum atomic E-state index is -0.457. The van der Waals surface area contributed by atoms with Crippen LogP contribution in [0, 0.1) is 5.82 Å². The third kappa shape index (κ3) is 4.61. The largest absolute Gasteiger partial charge is 0.494 e. The van der Waals surface area contributed by atoms with Crippen molar-refractivity contribution in [3.8, 4) is 17.1 Å². The molecule has 7 nitrogen and oxygen atoms in total. The summed E-state index contributed by atoms with van der Waals surface area (Å²) in [6, 6.07) is 11.5. The molecule has 0 aliphatic heterocycles. The van der Waals surface area contributed by atoms with Crippen molar-refractivity contribution < 1.29 is 13.7 Å².